The van der Waals surface area contributed by atoms with E-state index in [-0.39, 0.29) is 11.8 Å². The summed E-state index contributed by atoms with van der Waals surface area (Å²) < 4.78 is 0. The smallest absolute Gasteiger partial charge is 0.273 e. The molecule has 0 aromatic carbocycles. The fraction of sp³-hybridized carbons (Fsp3) is 0.643. The Balaban J connectivity index is 1.54. The van der Waals surface area contributed by atoms with E-state index < -0.39 is 0 Å². The lowest BCUT2D eigenvalue weighted by Crippen LogP contribution is -2.51. The van der Waals surface area contributed by atoms with Crippen LogP contribution in [0.4, 0.5) is 0 Å². The van der Waals surface area contributed by atoms with Crippen molar-refractivity contribution in [3.8, 4) is 0 Å². The van der Waals surface area contributed by atoms with E-state index in [4.69, 9.17) is 0 Å². The van der Waals surface area contributed by atoms with E-state index in [1.807, 2.05) is 4.90 Å². The minimum atomic E-state index is -0.0146. The Hall–Kier alpha value is -1.43. The lowest BCUT2D eigenvalue weighted by molar-refractivity contribution is -0.136. The van der Waals surface area contributed by atoms with Crippen LogP contribution in [0.2, 0.25) is 0 Å². The standard InChI is InChI=1S/C14H19N3O2S/c18-13(11-3-1-2-4-11)16-5-7-17(8-6-16)14(19)12-9-20-10-15-12/h9-11H,1-8H2. The van der Waals surface area contributed by atoms with Crippen LogP contribution in [0.15, 0.2) is 10.9 Å². The highest BCUT2D eigenvalue weighted by Gasteiger charge is 2.30. The van der Waals surface area contributed by atoms with Gasteiger partial charge in [0.25, 0.3) is 5.91 Å². The van der Waals surface area contributed by atoms with Crippen molar-refractivity contribution in [2.75, 3.05) is 26.2 Å². The van der Waals surface area contributed by atoms with Gasteiger partial charge in [0.2, 0.25) is 5.91 Å². The van der Waals surface area contributed by atoms with Crippen molar-refractivity contribution in [3.05, 3.63) is 16.6 Å². The number of aromatic nitrogens is 1. The predicted octanol–water partition coefficient (Wildman–Crippen LogP) is 1.62. The summed E-state index contributed by atoms with van der Waals surface area (Å²) in [6, 6.07) is 0. The summed E-state index contributed by atoms with van der Waals surface area (Å²) >= 11 is 1.43. The molecule has 1 saturated carbocycles. The molecular formula is C14H19N3O2S. The molecule has 0 bridgehead atoms. The van der Waals surface area contributed by atoms with Crippen molar-refractivity contribution in [1.29, 1.82) is 0 Å². The number of carbonyl (C=O) groups is 2. The minimum absolute atomic E-state index is 0.0146. The molecule has 0 spiro atoms. The van der Waals surface area contributed by atoms with Gasteiger partial charge in [-0.3, -0.25) is 9.59 Å². The van der Waals surface area contributed by atoms with Crippen LogP contribution in [-0.4, -0.2) is 52.8 Å². The zero-order valence-electron chi connectivity index (χ0n) is 11.5. The summed E-state index contributed by atoms with van der Waals surface area (Å²) in [5.41, 5.74) is 2.19. The molecule has 0 unspecified atom stereocenters. The first kappa shape index (κ1) is 13.5. The maximum atomic E-state index is 12.3. The monoisotopic (exact) mass is 293 g/mol. The van der Waals surface area contributed by atoms with Crippen LogP contribution in [0.25, 0.3) is 0 Å². The third kappa shape index (κ3) is 2.70. The molecular weight excluding hydrogens is 274 g/mol. The summed E-state index contributed by atoms with van der Waals surface area (Å²) in [6.45, 7) is 2.56. The van der Waals surface area contributed by atoms with Crippen LogP contribution in [0.1, 0.15) is 36.2 Å². The number of hydrogen-bond donors (Lipinski definition) is 0. The normalized spacial score (nSPS) is 20.4. The van der Waals surface area contributed by atoms with Crippen LogP contribution in [0.5, 0.6) is 0 Å². The lowest BCUT2D eigenvalue weighted by atomic mass is 10.1. The van der Waals surface area contributed by atoms with Gasteiger partial charge in [-0.2, -0.15) is 0 Å². The summed E-state index contributed by atoms with van der Waals surface area (Å²) in [6.07, 6.45) is 4.44. The summed E-state index contributed by atoms with van der Waals surface area (Å²) in [7, 11) is 0. The second kappa shape index (κ2) is 5.91. The summed E-state index contributed by atoms with van der Waals surface area (Å²) in [4.78, 5) is 32.3. The zero-order valence-corrected chi connectivity index (χ0v) is 12.3. The fourth-order valence-electron chi connectivity index (χ4n) is 3.04. The number of carbonyl (C=O) groups excluding carboxylic acids is 2. The van der Waals surface area contributed by atoms with Gasteiger partial charge in [-0.25, -0.2) is 4.98 Å². The number of thiazole rings is 1. The zero-order chi connectivity index (χ0) is 13.9. The van der Waals surface area contributed by atoms with Gasteiger partial charge in [-0.05, 0) is 12.8 Å². The summed E-state index contributed by atoms with van der Waals surface area (Å²) in [5, 5.41) is 1.78. The summed E-state index contributed by atoms with van der Waals surface area (Å²) in [5.74, 6) is 0.512. The molecule has 6 heteroatoms. The van der Waals surface area contributed by atoms with Gasteiger partial charge in [0, 0.05) is 37.5 Å². The molecule has 2 amide bonds. The molecule has 0 N–H and O–H groups in total. The van der Waals surface area contributed by atoms with Crippen LogP contribution in [0, 0.1) is 5.92 Å². The molecule has 5 nitrogen and oxygen atoms in total. The van der Waals surface area contributed by atoms with E-state index >= 15 is 0 Å². The molecule has 2 aliphatic rings. The van der Waals surface area contributed by atoms with Crippen molar-refractivity contribution < 1.29 is 9.59 Å². The highest BCUT2D eigenvalue weighted by atomic mass is 32.1. The second-order valence-corrected chi connectivity index (χ2v) is 6.19. The van der Waals surface area contributed by atoms with Crippen LogP contribution in [0.3, 0.4) is 0 Å². The van der Waals surface area contributed by atoms with Gasteiger partial charge in [0.15, 0.2) is 0 Å². The van der Waals surface area contributed by atoms with Crippen LogP contribution >= 0.6 is 11.3 Å². The SMILES string of the molecule is O=C(c1cscn1)N1CCN(C(=O)C2CCCC2)CC1. The maximum absolute atomic E-state index is 12.3. The Kier molecular flexibility index (Phi) is 4.00. The molecule has 1 aromatic heterocycles. The molecule has 2 heterocycles. The third-order valence-corrected chi connectivity index (χ3v) is 4.82. The van der Waals surface area contributed by atoms with Gasteiger partial charge in [0.05, 0.1) is 5.51 Å². The number of hydrogen-bond acceptors (Lipinski definition) is 4. The van der Waals surface area contributed by atoms with Gasteiger partial charge in [-0.15, -0.1) is 11.3 Å². The Morgan fingerprint density at radius 3 is 2.35 bits per heavy atom. The van der Waals surface area contributed by atoms with Gasteiger partial charge >= 0.3 is 0 Å². The van der Waals surface area contributed by atoms with E-state index in [0.29, 0.717) is 37.8 Å². The Labute approximate surface area is 122 Å². The third-order valence-electron chi connectivity index (χ3n) is 4.23. The molecule has 1 aliphatic carbocycles. The van der Waals surface area contributed by atoms with E-state index in [1.54, 1.807) is 15.8 Å². The van der Waals surface area contributed by atoms with Gasteiger partial charge in [0.1, 0.15) is 5.69 Å². The molecule has 1 aromatic rings. The average Bonchev–Trinajstić information content (AvgIpc) is 3.18. The van der Waals surface area contributed by atoms with Crippen molar-refractivity contribution in [2.24, 2.45) is 5.92 Å². The van der Waals surface area contributed by atoms with Crippen molar-refractivity contribution >= 4 is 23.2 Å². The first-order chi connectivity index (χ1) is 9.75. The Morgan fingerprint density at radius 1 is 1.10 bits per heavy atom. The highest BCUT2D eigenvalue weighted by molar-refractivity contribution is 7.07. The van der Waals surface area contributed by atoms with E-state index in [9.17, 15) is 9.59 Å². The highest BCUT2D eigenvalue weighted by Crippen LogP contribution is 2.27. The van der Waals surface area contributed by atoms with Crippen molar-refractivity contribution in [2.45, 2.75) is 25.7 Å². The maximum Gasteiger partial charge on any atom is 0.273 e. The van der Waals surface area contributed by atoms with Crippen LogP contribution < -0.4 is 0 Å². The number of nitrogens with zero attached hydrogens (tertiary/aromatic N) is 3. The van der Waals surface area contributed by atoms with Gasteiger partial charge in [-0.1, -0.05) is 12.8 Å². The topological polar surface area (TPSA) is 53.5 Å². The van der Waals surface area contributed by atoms with E-state index in [0.717, 1.165) is 12.8 Å². The molecule has 3 rings (SSSR count). The molecule has 108 valence electrons. The Bertz CT molecular complexity index is 475. The molecule has 0 radical (unpaired) electrons. The van der Waals surface area contributed by atoms with E-state index in [2.05, 4.69) is 4.98 Å². The second-order valence-electron chi connectivity index (χ2n) is 5.47. The molecule has 1 aliphatic heterocycles. The first-order valence-corrected chi connectivity index (χ1v) is 8.16. The average molecular weight is 293 g/mol. The van der Waals surface area contributed by atoms with Crippen molar-refractivity contribution in [3.63, 3.8) is 0 Å². The van der Waals surface area contributed by atoms with Crippen molar-refractivity contribution in [1.82, 2.24) is 14.8 Å². The number of rotatable bonds is 2. The van der Waals surface area contributed by atoms with Crippen LogP contribution in [-0.2, 0) is 4.79 Å². The quantitative estimate of drug-likeness (QED) is 0.832. The molecule has 20 heavy (non-hydrogen) atoms. The molecule has 1 saturated heterocycles. The molecule has 2 fully saturated rings. The first-order valence-electron chi connectivity index (χ1n) is 7.22. The Morgan fingerprint density at radius 2 is 1.75 bits per heavy atom. The fourth-order valence-corrected chi connectivity index (χ4v) is 3.57. The van der Waals surface area contributed by atoms with Gasteiger partial charge < -0.3 is 9.80 Å². The van der Waals surface area contributed by atoms with E-state index in [1.165, 1.54) is 24.2 Å². The largest absolute Gasteiger partial charge is 0.339 e. The number of piperazine rings is 1. The minimum Gasteiger partial charge on any atom is -0.339 e. The molecule has 0 atom stereocenters. The number of amides is 2. The predicted molar refractivity (Wildman–Crippen MR) is 76.6 cm³/mol. The lowest BCUT2D eigenvalue weighted by Gasteiger charge is -2.35.